The highest BCUT2D eigenvalue weighted by molar-refractivity contribution is 9.10. The monoisotopic (exact) mass is 549 g/mol. The van der Waals surface area contributed by atoms with E-state index in [1.807, 2.05) is 37.5 Å². The van der Waals surface area contributed by atoms with Gasteiger partial charge in [-0.1, -0.05) is 22.0 Å². The molecule has 0 aliphatic carbocycles. The number of carbonyl (C=O) groups is 4. The van der Waals surface area contributed by atoms with Crippen LogP contribution in [0.1, 0.15) is 39.8 Å². The van der Waals surface area contributed by atoms with Gasteiger partial charge in [-0.25, -0.2) is 14.5 Å². The smallest absolute Gasteiger partial charge is 0.338 e. The van der Waals surface area contributed by atoms with Crippen molar-refractivity contribution in [1.29, 1.82) is 0 Å². The Labute approximate surface area is 216 Å². The molecular weight excluding hydrogens is 526 g/mol. The summed E-state index contributed by atoms with van der Waals surface area (Å²) in [6.45, 7) is 7.60. The van der Waals surface area contributed by atoms with Crippen LogP contribution in [-0.4, -0.2) is 35.0 Å². The van der Waals surface area contributed by atoms with Gasteiger partial charge in [0.1, 0.15) is 5.57 Å². The maximum absolute atomic E-state index is 13.3. The fourth-order valence-electron chi connectivity index (χ4n) is 4.13. The number of nitrogens with zero attached hydrogens (tertiary/aromatic N) is 2. The number of amides is 4. The number of ether oxygens (including phenoxy) is 1. The molecule has 9 heteroatoms. The Kier molecular flexibility index (Phi) is 6.94. The van der Waals surface area contributed by atoms with Crippen LogP contribution >= 0.6 is 15.9 Å². The lowest BCUT2D eigenvalue weighted by atomic mass is 10.1. The van der Waals surface area contributed by atoms with Crippen molar-refractivity contribution in [1.82, 2.24) is 9.88 Å². The number of hydrogen-bond donors (Lipinski definition) is 1. The molecule has 0 bridgehead atoms. The quantitative estimate of drug-likeness (QED) is 0.274. The van der Waals surface area contributed by atoms with Crippen LogP contribution in [0.2, 0.25) is 0 Å². The molecule has 0 unspecified atom stereocenters. The van der Waals surface area contributed by atoms with E-state index in [0.717, 1.165) is 32.0 Å². The minimum atomic E-state index is -0.801. The third kappa shape index (κ3) is 4.61. The van der Waals surface area contributed by atoms with Gasteiger partial charge in [0.05, 0.1) is 17.9 Å². The fraction of sp³-hybridized carbons (Fsp3) is 0.185. The molecule has 1 aliphatic heterocycles. The molecule has 4 rings (SSSR count). The van der Waals surface area contributed by atoms with Gasteiger partial charge in [-0.3, -0.25) is 14.9 Å². The van der Waals surface area contributed by atoms with E-state index in [1.54, 1.807) is 43.3 Å². The van der Waals surface area contributed by atoms with E-state index in [1.165, 1.54) is 6.08 Å². The zero-order chi connectivity index (χ0) is 26.1. The third-order valence-electron chi connectivity index (χ3n) is 5.89. The van der Waals surface area contributed by atoms with Crippen molar-refractivity contribution < 1.29 is 23.9 Å². The van der Waals surface area contributed by atoms with Crippen LogP contribution in [0.15, 0.2) is 58.6 Å². The summed E-state index contributed by atoms with van der Waals surface area (Å²) in [6, 6.07) is 13.1. The van der Waals surface area contributed by atoms with E-state index in [9.17, 15) is 19.2 Å². The van der Waals surface area contributed by atoms with Crippen LogP contribution in [-0.2, 0) is 14.3 Å². The molecule has 2 aromatic carbocycles. The number of carbonyl (C=O) groups excluding carboxylic acids is 4. The molecule has 1 N–H and O–H groups in total. The maximum atomic E-state index is 13.3. The number of hydrogen-bond acceptors (Lipinski definition) is 5. The van der Waals surface area contributed by atoms with Crippen LogP contribution in [0.25, 0.3) is 11.8 Å². The van der Waals surface area contributed by atoms with Crippen molar-refractivity contribution in [2.45, 2.75) is 27.7 Å². The van der Waals surface area contributed by atoms with Crippen molar-refractivity contribution in [3.05, 3.63) is 86.7 Å². The summed E-state index contributed by atoms with van der Waals surface area (Å²) in [5.41, 5.74) is 4.42. The standard InChI is InChI=1S/C27H24BrN3O5/c1-5-36-26(34)18-7-6-8-20(13-18)30-16(3)12-19(17(30)4)14-22-24(32)29-27(35)31(25(22)33)21-9-10-23(28)15(2)11-21/h6-14H,5H2,1-4H3,(H,29,32,35)/b22-14+. The second-order valence-corrected chi connectivity index (χ2v) is 9.18. The first kappa shape index (κ1) is 25.1. The van der Waals surface area contributed by atoms with Gasteiger partial charge in [0.2, 0.25) is 0 Å². The first-order valence-corrected chi connectivity index (χ1v) is 12.1. The first-order valence-electron chi connectivity index (χ1n) is 11.3. The number of benzene rings is 2. The van der Waals surface area contributed by atoms with Crippen molar-refractivity contribution in [2.75, 3.05) is 11.5 Å². The number of esters is 1. The molecule has 0 saturated carbocycles. The van der Waals surface area contributed by atoms with E-state index in [-0.39, 0.29) is 12.2 Å². The Morgan fingerprint density at radius 2 is 1.78 bits per heavy atom. The average molecular weight is 550 g/mol. The zero-order valence-electron chi connectivity index (χ0n) is 20.2. The fourth-order valence-corrected chi connectivity index (χ4v) is 4.38. The molecule has 2 heterocycles. The van der Waals surface area contributed by atoms with E-state index < -0.39 is 23.8 Å². The normalized spacial score (nSPS) is 14.9. The molecule has 0 radical (unpaired) electrons. The summed E-state index contributed by atoms with van der Waals surface area (Å²) in [5, 5.41) is 2.26. The summed E-state index contributed by atoms with van der Waals surface area (Å²) >= 11 is 3.41. The molecule has 1 fully saturated rings. The van der Waals surface area contributed by atoms with Crippen molar-refractivity contribution in [2.24, 2.45) is 0 Å². The summed E-state index contributed by atoms with van der Waals surface area (Å²) in [5.74, 6) is -1.88. The third-order valence-corrected chi connectivity index (χ3v) is 6.78. The van der Waals surface area contributed by atoms with Gasteiger partial charge in [0.25, 0.3) is 11.8 Å². The van der Waals surface area contributed by atoms with Gasteiger partial charge in [-0.2, -0.15) is 0 Å². The summed E-state index contributed by atoms with van der Waals surface area (Å²) < 4.78 is 7.86. The highest BCUT2D eigenvalue weighted by atomic mass is 79.9. The largest absolute Gasteiger partial charge is 0.462 e. The number of rotatable bonds is 5. The van der Waals surface area contributed by atoms with E-state index in [0.29, 0.717) is 16.8 Å². The summed E-state index contributed by atoms with van der Waals surface area (Å²) in [4.78, 5) is 51.7. The molecule has 8 nitrogen and oxygen atoms in total. The number of imide groups is 2. The lowest BCUT2D eigenvalue weighted by Crippen LogP contribution is -2.54. The van der Waals surface area contributed by atoms with E-state index in [2.05, 4.69) is 21.2 Å². The summed E-state index contributed by atoms with van der Waals surface area (Å²) in [6.07, 6.45) is 1.48. The second-order valence-electron chi connectivity index (χ2n) is 8.32. The van der Waals surface area contributed by atoms with Crippen LogP contribution in [0.4, 0.5) is 10.5 Å². The van der Waals surface area contributed by atoms with Gasteiger partial charge >= 0.3 is 12.0 Å². The Bertz CT molecular complexity index is 1450. The molecule has 3 aromatic rings. The van der Waals surface area contributed by atoms with Gasteiger partial charge in [-0.15, -0.1) is 0 Å². The minimum Gasteiger partial charge on any atom is -0.462 e. The number of anilines is 1. The predicted octanol–water partition coefficient (Wildman–Crippen LogP) is 5.01. The highest BCUT2D eigenvalue weighted by Crippen LogP contribution is 2.28. The average Bonchev–Trinajstić information content (AvgIpc) is 3.11. The molecule has 36 heavy (non-hydrogen) atoms. The SMILES string of the molecule is CCOC(=O)c1cccc(-n2c(C)cc(/C=C3\C(=O)NC(=O)N(c4ccc(Br)c(C)c4)C3=O)c2C)c1. The Balaban J connectivity index is 1.74. The number of barbiturate groups is 1. The molecular formula is C27H24BrN3O5. The predicted molar refractivity (Wildman–Crippen MR) is 139 cm³/mol. The zero-order valence-corrected chi connectivity index (χ0v) is 21.8. The molecule has 0 spiro atoms. The lowest BCUT2D eigenvalue weighted by Gasteiger charge is -2.26. The second kappa shape index (κ2) is 9.94. The highest BCUT2D eigenvalue weighted by Gasteiger charge is 2.37. The number of aryl methyl sites for hydroxylation is 2. The van der Waals surface area contributed by atoms with Gasteiger partial charge in [-0.05, 0) is 87.4 Å². The number of halogens is 1. The Morgan fingerprint density at radius 1 is 1.03 bits per heavy atom. The van der Waals surface area contributed by atoms with Crippen LogP contribution in [0.3, 0.4) is 0 Å². The van der Waals surface area contributed by atoms with E-state index >= 15 is 0 Å². The van der Waals surface area contributed by atoms with Crippen LogP contribution in [0.5, 0.6) is 0 Å². The molecule has 1 aromatic heterocycles. The summed E-state index contributed by atoms with van der Waals surface area (Å²) in [7, 11) is 0. The number of aromatic nitrogens is 1. The topological polar surface area (TPSA) is 97.7 Å². The van der Waals surface area contributed by atoms with Gasteiger partial charge in [0, 0.05) is 21.5 Å². The molecule has 1 aliphatic rings. The lowest BCUT2D eigenvalue weighted by molar-refractivity contribution is -0.122. The molecule has 0 atom stereocenters. The van der Waals surface area contributed by atoms with E-state index in [4.69, 9.17) is 4.74 Å². The first-order chi connectivity index (χ1) is 17.1. The van der Waals surface area contributed by atoms with Crippen molar-refractivity contribution >= 4 is 51.5 Å². The van der Waals surface area contributed by atoms with Crippen molar-refractivity contribution in [3.63, 3.8) is 0 Å². The van der Waals surface area contributed by atoms with Crippen LogP contribution in [0, 0.1) is 20.8 Å². The molecule has 4 amide bonds. The minimum absolute atomic E-state index is 0.157. The molecule has 1 saturated heterocycles. The molecule has 184 valence electrons. The van der Waals surface area contributed by atoms with Crippen LogP contribution < -0.4 is 10.2 Å². The maximum Gasteiger partial charge on any atom is 0.338 e. The van der Waals surface area contributed by atoms with Gasteiger partial charge < -0.3 is 9.30 Å². The van der Waals surface area contributed by atoms with Crippen molar-refractivity contribution in [3.8, 4) is 5.69 Å². The number of urea groups is 1. The number of nitrogens with one attached hydrogen (secondary N) is 1. The Hall–Kier alpha value is -3.98. The van der Waals surface area contributed by atoms with Gasteiger partial charge in [0.15, 0.2) is 0 Å². The Morgan fingerprint density at radius 3 is 2.47 bits per heavy atom.